The average Bonchev–Trinajstić information content (AvgIpc) is 2.43. The van der Waals surface area contributed by atoms with Crippen LogP contribution < -0.4 is 11.6 Å². The van der Waals surface area contributed by atoms with E-state index < -0.39 is 0 Å². The number of hydrogen-bond donors (Lipinski definition) is 3. The summed E-state index contributed by atoms with van der Waals surface area (Å²) in [5.74, 6) is 5.51. The molecule has 1 rings (SSSR count). The van der Waals surface area contributed by atoms with Crippen LogP contribution in [0.1, 0.15) is 6.42 Å². The summed E-state index contributed by atoms with van der Waals surface area (Å²) in [5.41, 5.74) is 5.62. The molecule has 0 unspecified atom stereocenters. The van der Waals surface area contributed by atoms with Crippen LogP contribution in [0.5, 0.6) is 0 Å². The van der Waals surface area contributed by atoms with E-state index in [1.54, 1.807) is 0 Å². The van der Waals surface area contributed by atoms with Gasteiger partial charge in [0, 0.05) is 26.2 Å². The third-order valence-electron chi connectivity index (χ3n) is 2.46. The molecule has 1 saturated heterocycles. The number of nitrogens with two attached hydrogens (primary N) is 2. The smallest absolute Gasteiger partial charge is 0.213 e. The van der Waals surface area contributed by atoms with Crippen LogP contribution in [0.25, 0.3) is 0 Å². The minimum Gasteiger partial charge on any atom is -0.395 e. The zero-order valence-electron chi connectivity index (χ0n) is 8.39. The summed E-state index contributed by atoms with van der Waals surface area (Å²) in [7, 11) is 0. The number of hydrogen-bond acceptors (Lipinski definition) is 4. The molecular formula is C8H19N5O. The molecule has 0 bridgehead atoms. The van der Waals surface area contributed by atoms with E-state index in [0.29, 0.717) is 5.96 Å². The second kappa shape index (κ2) is 5.66. The van der Waals surface area contributed by atoms with Crippen LogP contribution >= 0.6 is 0 Å². The van der Waals surface area contributed by atoms with Gasteiger partial charge in [0.15, 0.2) is 0 Å². The SMILES string of the molecule is NN=C(N)N1CCCN(CCO)CC1. The summed E-state index contributed by atoms with van der Waals surface area (Å²) in [5, 5.41) is 12.3. The van der Waals surface area contributed by atoms with E-state index in [2.05, 4.69) is 10.0 Å². The molecule has 0 saturated carbocycles. The van der Waals surface area contributed by atoms with Gasteiger partial charge in [-0.2, -0.15) is 0 Å². The summed E-state index contributed by atoms with van der Waals surface area (Å²) in [6.07, 6.45) is 1.02. The second-order valence-corrected chi connectivity index (χ2v) is 3.39. The third-order valence-corrected chi connectivity index (χ3v) is 2.46. The van der Waals surface area contributed by atoms with Gasteiger partial charge in [0.2, 0.25) is 5.96 Å². The molecule has 0 aromatic heterocycles. The highest BCUT2D eigenvalue weighted by Gasteiger charge is 2.15. The zero-order chi connectivity index (χ0) is 10.4. The Labute approximate surface area is 84.1 Å². The molecule has 6 nitrogen and oxygen atoms in total. The Morgan fingerprint density at radius 3 is 2.71 bits per heavy atom. The van der Waals surface area contributed by atoms with Gasteiger partial charge in [-0.15, -0.1) is 5.10 Å². The van der Waals surface area contributed by atoms with Gasteiger partial charge in [-0.05, 0) is 13.0 Å². The Hall–Kier alpha value is -1.01. The summed E-state index contributed by atoms with van der Waals surface area (Å²) < 4.78 is 0. The standard InChI is InChI=1S/C8H19N5O/c9-8(11-10)13-3-1-2-12(4-5-13)6-7-14/h14H,1-7,10H2,(H2,9,11). The van der Waals surface area contributed by atoms with E-state index in [-0.39, 0.29) is 6.61 Å². The Balaban J connectivity index is 2.40. The number of guanidine groups is 1. The van der Waals surface area contributed by atoms with Crippen molar-refractivity contribution in [2.75, 3.05) is 39.3 Å². The summed E-state index contributed by atoms with van der Waals surface area (Å²) in [4.78, 5) is 4.18. The molecule has 0 aliphatic carbocycles. The predicted octanol–water partition coefficient (Wildman–Crippen LogP) is -1.83. The fraction of sp³-hybridized carbons (Fsp3) is 0.875. The molecule has 0 spiro atoms. The molecule has 1 fully saturated rings. The van der Waals surface area contributed by atoms with Crippen LogP contribution in [-0.4, -0.2) is 60.2 Å². The fourth-order valence-corrected chi connectivity index (χ4v) is 1.65. The van der Waals surface area contributed by atoms with Gasteiger partial charge < -0.3 is 21.6 Å². The van der Waals surface area contributed by atoms with Gasteiger partial charge in [-0.25, -0.2) is 0 Å². The maximum Gasteiger partial charge on any atom is 0.213 e. The van der Waals surface area contributed by atoms with Crippen LogP contribution in [0.2, 0.25) is 0 Å². The van der Waals surface area contributed by atoms with Crippen LogP contribution in [-0.2, 0) is 0 Å². The van der Waals surface area contributed by atoms with Gasteiger partial charge in [-0.1, -0.05) is 0 Å². The average molecular weight is 201 g/mol. The van der Waals surface area contributed by atoms with E-state index in [1.807, 2.05) is 4.90 Å². The highest BCUT2D eigenvalue weighted by molar-refractivity contribution is 5.77. The molecule has 82 valence electrons. The Bertz CT molecular complexity index is 196. The molecule has 0 radical (unpaired) electrons. The van der Waals surface area contributed by atoms with Gasteiger partial charge >= 0.3 is 0 Å². The predicted molar refractivity (Wildman–Crippen MR) is 55.5 cm³/mol. The van der Waals surface area contributed by atoms with E-state index in [1.165, 1.54) is 0 Å². The van der Waals surface area contributed by atoms with Crippen molar-refractivity contribution in [3.63, 3.8) is 0 Å². The van der Waals surface area contributed by atoms with Crippen molar-refractivity contribution in [3.05, 3.63) is 0 Å². The molecule has 1 aliphatic rings. The molecule has 1 heterocycles. The minimum atomic E-state index is 0.209. The second-order valence-electron chi connectivity index (χ2n) is 3.39. The van der Waals surface area contributed by atoms with Crippen molar-refractivity contribution in [2.24, 2.45) is 16.7 Å². The lowest BCUT2D eigenvalue weighted by molar-refractivity contribution is 0.201. The summed E-state index contributed by atoms with van der Waals surface area (Å²) >= 11 is 0. The Morgan fingerprint density at radius 1 is 1.29 bits per heavy atom. The number of aliphatic hydroxyl groups excluding tert-OH is 1. The first-order chi connectivity index (χ1) is 6.77. The summed E-state index contributed by atoms with van der Waals surface area (Å²) in [6, 6.07) is 0. The van der Waals surface area contributed by atoms with Crippen molar-refractivity contribution in [2.45, 2.75) is 6.42 Å². The molecular weight excluding hydrogens is 182 g/mol. The number of rotatable bonds is 2. The van der Waals surface area contributed by atoms with Gasteiger partial charge in [0.1, 0.15) is 0 Å². The lowest BCUT2D eigenvalue weighted by atomic mass is 10.4. The van der Waals surface area contributed by atoms with Crippen molar-refractivity contribution >= 4 is 5.96 Å². The van der Waals surface area contributed by atoms with Crippen LogP contribution in [0, 0.1) is 0 Å². The minimum absolute atomic E-state index is 0.209. The number of aliphatic hydroxyl groups is 1. The lowest BCUT2D eigenvalue weighted by Gasteiger charge is -2.21. The lowest BCUT2D eigenvalue weighted by Crippen LogP contribution is -2.40. The first kappa shape index (κ1) is 11.1. The number of nitrogens with zero attached hydrogens (tertiary/aromatic N) is 3. The molecule has 14 heavy (non-hydrogen) atoms. The Kier molecular flexibility index (Phi) is 4.48. The first-order valence-corrected chi connectivity index (χ1v) is 4.89. The zero-order valence-corrected chi connectivity index (χ0v) is 8.39. The van der Waals surface area contributed by atoms with Gasteiger partial charge in [0.25, 0.3) is 0 Å². The van der Waals surface area contributed by atoms with Crippen LogP contribution in [0.15, 0.2) is 5.10 Å². The van der Waals surface area contributed by atoms with Crippen molar-refractivity contribution < 1.29 is 5.11 Å². The van der Waals surface area contributed by atoms with Crippen molar-refractivity contribution in [1.29, 1.82) is 0 Å². The Morgan fingerprint density at radius 2 is 2.07 bits per heavy atom. The molecule has 5 N–H and O–H groups in total. The van der Waals surface area contributed by atoms with E-state index in [4.69, 9.17) is 16.7 Å². The molecule has 6 heteroatoms. The van der Waals surface area contributed by atoms with Crippen molar-refractivity contribution in [3.8, 4) is 0 Å². The van der Waals surface area contributed by atoms with E-state index >= 15 is 0 Å². The number of β-amino-alcohol motifs (C(OH)–C–C–N with tert-alkyl or cyclic N) is 1. The maximum atomic E-state index is 8.81. The van der Waals surface area contributed by atoms with Crippen molar-refractivity contribution in [1.82, 2.24) is 9.80 Å². The highest BCUT2D eigenvalue weighted by atomic mass is 16.3. The molecule has 0 aromatic rings. The van der Waals surface area contributed by atoms with Gasteiger partial charge in [0.05, 0.1) is 6.61 Å². The first-order valence-electron chi connectivity index (χ1n) is 4.89. The normalized spacial score (nSPS) is 20.9. The number of hydrazone groups is 1. The van der Waals surface area contributed by atoms with Gasteiger partial charge in [-0.3, -0.25) is 4.90 Å². The molecule has 0 aromatic carbocycles. The third kappa shape index (κ3) is 3.04. The van der Waals surface area contributed by atoms with E-state index in [0.717, 1.165) is 39.1 Å². The largest absolute Gasteiger partial charge is 0.395 e. The summed E-state index contributed by atoms with van der Waals surface area (Å²) in [6.45, 7) is 4.54. The fourth-order valence-electron chi connectivity index (χ4n) is 1.65. The topological polar surface area (TPSA) is 91.1 Å². The molecule has 0 atom stereocenters. The highest BCUT2D eigenvalue weighted by Crippen LogP contribution is 2.01. The van der Waals surface area contributed by atoms with Crippen LogP contribution in [0.3, 0.4) is 0 Å². The maximum absolute atomic E-state index is 8.81. The van der Waals surface area contributed by atoms with Crippen LogP contribution in [0.4, 0.5) is 0 Å². The molecule has 1 aliphatic heterocycles. The molecule has 0 amide bonds. The quantitative estimate of drug-likeness (QED) is 0.212. The monoisotopic (exact) mass is 201 g/mol. The van der Waals surface area contributed by atoms with E-state index in [9.17, 15) is 0 Å².